The van der Waals surface area contributed by atoms with Crippen molar-refractivity contribution < 1.29 is 14.0 Å². The first-order chi connectivity index (χ1) is 13.1. The highest BCUT2D eigenvalue weighted by atomic mass is 19.1. The monoisotopic (exact) mass is 368 g/mol. The third-order valence-corrected chi connectivity index (χ3v) is 5.59. The van der Waals surface area contributed by atoms with Crippen LogP contribution in [0.1, 0.15) is 42.6 Å². The summed E-state index contributed by atoms with van der Waals surface area (Å²) in [5.41, 5.74) is 0.381. The second-order valence-electron chi connectivity index (χ2n) is 7.33. The summed E-state index contributed by atoms with van der Waals surface area (Å²) < 4.78 is 13.5. The largest absolute Gasteiger partial charge is 0.348 e. The number of carbonyl (C=O) groups is 2. The summed E-state index contributed by atoms with van der Waals surface area (Å²) in [4.78, 5) is 35.1. The summed E-state index contributed by atoms with van der Waals surface area (Å²) in [7, 11) is 0. The van der Waals surface area contributed by atoms with E-state index in [1.807, 2.05) is 0 Å². The number of hydrogen-bond donors (Lipinski definition) is 1. The Balaban J connectivity index is 1.47. The van der Waals surface area contributed by atoms with Crippen LogP contribution in [0, 0.1) is 11.2 Å². The Morgan fingerprint density at radius 2 is 2.19 bits per heavy atom. The molecule has 27 heavy (non-hydrogen) atoms. The van der Waals surface area contributed by atoms with Gasteiger partial charge in [0.05, 0.1) is 23.5 Å². The third kappa shape index (κ3) is 3.41. The van der Waals surface area contributed by atoms with E-state index in [0.717, 1.165) is 25.5 Å². The van der Waals surface area contributed by atoms with E-state index in [1.54, 1.807) is 29.3 Å². The van der Waals surface area contributed by atoms with E-state index in [1.165, 1.54) is 12.3 Å². The molecule has 3 heterocycles. The molecule has 1 saturated carbocycles. The first kappa shape index (κ1) is 17.6. The number of carbonyl (C=O) groups excluding carboxylic acids is 2. The molecule has 1 saturated heterocycles. The predicted octanol–water partition coefficient (Wildman–Crippen LogP) is 2.71. The van der Waals surface area contributed by atoms with Crippen molar-refractivity contribution in [2.75, 3.05) is 11.4 Å². The molecule has 6 nitrogen and oxygen atoms in total. The van der Waals surface area contributed by atoms with Gasteiger partial charge in [-0.3, -0.25) is 19.6 Å². The number of anilines is 1. The Kier molecular flexibility index (Phi) is 4.59. The molecular weight excluding hydrogens is 347 g/mol. The topological polar surface area (TPSA) is 75.2 Å². The zero-order valence-corrected chi connectivity index (χ0v) is 14.9. The van der Waals surface area contributed by atoms with Crippen molar-refractivity contribution in [2.24, 2.45) is 5.41 Å². The van der Waals surface area contributed by atoms with Gasteiger partial charge in [0.1, 0.15) is 11.5 Å². The van der Waals surface area contributed by atoms with Gasteiger partial charge in [-0.1, -0.05) is 12.5 Å². The number of halogens is 1. The highest BCUT2D eigenvalue weighted by molar-refractivity contribution is 6.00. The van der Waals surface area contributed by atoms with Crippen LogP contribution >= 0.6 is 0 Å². The maximum Gasteiger partial charge on any atom is 0.270 e. The smallest absolute Gasteiger partial charge is 0.270 e. The molecule has 1 aliphatic heterocycles. The van der Waals surface area contributed by atoms with Crippen LogP contribution in [0.5, 0.6) is 0 Å². The summed E-state index contributed by atoms with van der Waals surface area (Å²) in [6, 6.07) is 6.48. The van der Waals surface area contributed by atoms with Gasteiger partial charge < -0.3 is 10.2 Å². The Hall–Kier alpha value is -2.83. The first-order valence-electron chi connectivity index (χ1n) is 9.22. The van der Waals surface area contributed by atoms with Crippen molar-refractivity contribution in [3.05, 3.63) is 54.4 Å². The quantitative estimate of drug-likeness (QED) is 0.904. The molecule has 2 aliphatic rings. The summed E-state index contributed by atoms with van der Waals surface area (Å²) >= 11 is 0. The number of nitrogens with one attached hydrogen (secondary N) is 1. The molecule has 2 amide bonds. The molecule has 1 aliphatic carbocycles. The van der Waals surface area contributed by atoms with Gasteiger partial charge in [-0.15, -0.1) is 0 Å². The Bertz CT molecular complexity index is 860. The van der Waals surface area contributed by atoms with Crippen molar-refractivity contribution in [3.63, 3.8) is 0 Å². The van der Waals surface area contributed by atoms with Crippen LogP contribution in [-0.4, -0.2) is 34.4 Å². The fourth-order valence-electron chi connectivity index (χ4n) is 4.28. The summed E-state index contributed by atoms with van der Waals surface area (Å²) in [6.45, 7) is 0.547. The molecular formula is C20H21FN4O2. The number of rotatable bonds is 3. The summed E-state index contributed by atoms with van der Waals surface area (Å²) in [5, 5.41) is 3.03. The van der Waals surface area contributed by atoms with Gasteiger partial charge >= 0.3 is 0 Å². The van der Waals surface area contributed by atoms with Crippen molar-refractivity contribution in [1.29, 1.82) is 0 Å². The molecule has 2 atom stereocenters. The maximum atomic E-state index is 13.5. The van der Waals surface area contributed by atoms with Gasteiger partial charge in [0, 0.05) is 24.8 Å². The van der Waals surface area contributed by atoms with Crippen LogP contribution < -0.4 is 10.2 Å². The number of nitrogens with zero attached hydrogens (tertiary/aromatic N) is 3. The molecule has 2 fully saturated rings. The van der Waals surface area contributed by atoms with Crippen molar-refractivity contribution in [2.45, 2.75) is 38.1 Å². The van der Waals surface area contributed by atoms with Crippen LogP contribution in [0.2, 0.25) is 0 Å². The highest BCUT2D eigenvalue weighted by Crippen LogP contribution is 2.46. The molecule has 4 rings (SSSR count). The molecule has 0 radical (unpaired) electrons. The minimum atomic E-state index is -0.493. The molecule has 1 N–H and O–H groups in total. The summed E-state index contributed by atoms with van der Waals surface area (Å²) in [6.07, 6.45) is 8.04. The number of amides is 2. The lowest BCUT2D eigenvalue weighted by Crippen LogP contribution is -2.46. The van der Waals surface area contributed by atoms with E-state index in [4.69, 9.17) is 0 Å². The number of aromatic nitrogens is 2. The van der Waals surface area contributed by atoms with Crippen LogP contribution in [-0.2, 0) is 4.79 Å². The van der Waals surface area contributed by atoms with E-state index < -0.39 is 11.2 Å². The fourth-order valence-corrected chi connectivity index (χ4v) is 4.28. The van der Waals surface area contributed by atoms with Crippen molar-refractivity contribution in [3.8, 4) is 0 Å². The lowest BCUT2D eigenvalue weighted by atomic mass is 9.71. The molecule has 2 aromatic heterocycles. The minimum Gasteiger partial charge on any atom is -0.348 e. The molecule has 2 aromatic rings. The van der Waals surface area contributed by atoms with Gasteiger partial charge in [-0.2, -0.15) is 0 Å². The SMILES string of the molecule is O=C(NC1CCCC2(CCN(c3cncc(F)c3)C2=O)C1)c1ccccn1. The molecule has 0 bridgehead atoms. The minimum absolute atomic E-state index is 0.00619. The highest BCUT2D eigenvalue weighted by Gasteiger charge is 2.49. The van der Waals surface area contributed by atoms with Gasteiger partial charge in [0.2, 0.25) is 5.91 Å². The predicted molar refractivity (Wildman–Crippen MR) is 97.6 cm³/mol. The average Bonchev–Trinajstić information content (AvgIpc) is 2.98. The van der Waals surface area contributed by atoms with Gasteiger partial charge in [-0.25, -0.2) is 4.39 Å². The molecule has 1 spiro atoms. The lowest BCUT2D eigenvalue weighted by Gasteiger charge is -2.36. The first-order valence-corrected chi connectivity index (χ1v) is 9.22. The third-order valence-electron chi connectivity index (χ3n) is 5.59. The van der Waals surface area contributed by atoms with Gasteiger partial charge in [0.15, 0.2) is 0 Å². The second-order valence-corrected chi connectivity index (χ2v) is 7.33. The van der Waals surface area contributed by atoms with Gasteiger partial charge in [0.25, 0.3) is 5.91 Å². The van der Waals surface area contributed by atoms with E-state index in [-0.39, 0.29) is 17.9 Å². The fraction of sp³-hybridized carbons (Fsp3) is 0.400. The molecule has 7 heteroatoms. The Morgan fingerprint density at radius 3 is 2.96 bits per heavy atom. The average molecular weight is 368 g/mol. The Morgan fingerprint density at radius 1 is 1.30 bits per heavy atom. The standard InChI is InChI=1S/C20H21FN4O2/c21-14-10-16(13-22-12-14)25-9-7-20(19(25)27)6-3-4-15(11-20)24-18(26)17-5-1-2-8-23-17/h1-2,5,8,10,12-13,15H,3-4,6-7,9,11H2,(H,24,26). The van der Waals surface area contributed by atoms with E-state index >= 15 is 0 Å². The second kappa shape index (κ2) is 7.06. The van der Waals surface area contributed by atoms with Crippen LogP contribution in [0.15, 0.2) is 42.9 Å². The van der Waals surface area contributed by atoms with Crippen LogP contribution in [0.3, 0.4) is 0 Å². The number of pyridine rings is 2. The van der Waals surface area contributed by atoms with Gasteiger partial charge in [-0.05, 0) is 37.8 Å². The van der Waals surface area contributed by atoms with Crippen LogP contribution in [0.25, 0.3) is 0 Å². The molecule has 0 aromatic carbocycles. The Labute approximate surface area is 156 Å². The molecule has 2 unspecified atom stereocenters. The van der Waals surface area contributed by atoms with Crippen molar-refractivity contribution in [1.82, 2.24) is 15.3 Å². The van der Waals surface area contributed by atoms with Crippen LogP contribution in [0.4, 0.5) is 10.1 Å². The zero-order chi connectivity index (χ0) is 18.9. The van der Waals surface area contributed by atoms with E-state index in [2.05, 4.69) is 15.3 Å². The summed E-state index contributed by atoms with van der Waals surface area (Å²) in [5.74, 6) is -0.661. The van der Waals surface area contributed by atoms with Crippen molar-refractivity contribution >= 4 is 17.5 Å². The lowest BCUT2D eigenvalue weighted by molar-refractivity contribution is -0.127. The number of hydrogen-bond acceptors (Lipinski definition) is 4. The van der Waals surface area contributed by atoms with E-state index in [0.29, 0.717) is 30.8 Å². The van der Waals surface area contributed by atoms with E-state index in [9.17, 15) is 14.0 Å². The zero-order valence-electron chi connectivity index (χ0n) is 14.9. The molecule has 140 valence electrons. The normalized spacial score (nSPS) is 25.0. The maximum absolute atomic E-state index is 13.5.